The van der Waals surface area contributed by atoms with Gasteiger partial charge < -0.3 is 0 Å². The maximum Gasteiger partial charge on any atom is 0.549 e. The maximum atomic E-state index is 8.40. The Morgan fingerprint density at radius 1 is 0.909 bits per heavy atom. The molecular weight excluding hydrogens is 156 g/mol. The molecule has 0 atom stereocenters. The minimum atomic E-state index is -1.42. The Morgan fingerprint density at radius 2 is 1.09 bits per heavy atom. The van der Waals surface area contributed by atoms with Crippen molar-refractivity contribution in [2.75, 3.05) is 0 Å². The number of hydrogen-bond donors (Lipinski definition) is 0. The second kappa shape index (κ2) is 5.79. The van der Waals surface area contributed by atoms with E-state index in [4.69, 9.17) is 8.92 Å². The number of benzene rings is 1. The van der Waals surface area contributed by atoms with Gasteiger partial charge in [0.2, 0.25) is 0 Å². The summed E-state index contributed by atoms with van der Waals surface area (Å²) in [4.78, 5) is 0. The van der Waals surface area contributed by atoms with Gasteiger partial charge in [0.15, 0.2) is 0 Å². The molecule has 2 nitrogen and oxygen atoms in total. The Balaban J connectivity index is 0.000000292. The Hall–Kier alpha value is -0.963. The predicted molar refractivity (Wildman–Crippen MR) is 43.0 cm³/mol. The van der Waals surface area contributed by atoms with Gasteiger partial charge in [0.25, 0.3) is 0 Å². The van der Waals surface area contributed by atoms with Crippen molar-refractivity contribution in [2.45, 2.75) is 13.8 Å². The zero-order chi connectivity index (χ0) is 8.69. The molecule has 11 heavy (non-hydrogen) atoms. The van der Waals surface area contributed by atoms with Crippen LogP contribution in [0.15, 0.2) is 24.3 Å². The summed E-state index contributed by atoms with van der Waals surface area (Å²) >= 11 is 0. The molecule has 0 unspecified atom stereocenters. The van der Waals surface area contributed by atoms with Crippen LogP contribution in [0.4, 0.5) is 0 Å². The highest BCUT2D eigenvalue weighted by Gasteiger charge is 1.79. The van der Waals surface area contributed by atoms with Crippen molar-refractivity contribution >= 4 is 9.29 Å². The molecule has 0 saturated carbocycles. The van der Waals surface area contributed by atoms with Crippen molar-refractivity contribution in [3.63, 3.8) is 0 Å². The molecule has 0 aromatic heterocycles. The first-order valence-corrected chi connectivity index (χ1v) is 4.05. The fraction of sp³-hybridized carbons (Fsp3) is 0.250. The lowest BCUT2D eigenvalue weighted by Crippen LogP contribution is -1.70. The maximum absolute atomic E-state index is 8.40. The van der Waals surface area contributed by atoms with Gasteiger partial charge in [0, 0.05) is 0 Å². The topological polar surface area (TPSA) is 34.1 Å². The third-order valence-corrected chi connectivity index (χ3v) is 1.22. The van der Waals surface area contributed by atoms with Crippen molar-refractivity contribution in [1.82, 2.24) is 0 Å². The Bertz CT molecular complexity index is 214. The van der Waals surface area contributed by atoms with Crippen LogP contribution in [0.5, 0.6) is 0 Å². The van der Waals surface area contributed by atoms with Crippen LogP contribution in [-0.4, -0.2) is 9.29 Å². The third kappa shape index (κ3) is 5.48. The average molecular weight is 166 g/mol. The monoisotopic (exact) mass is 166 g/mol. The second-order valence-electron chi connectivity index (χ2n) is 2.24. The first-order valence-electron chi connectivity index (χ1n) is 3.23. The summed E-state index contributed by atoms with van der Waals surface area (Å²) in [5, 5.41) is 0. The lowest BCUT2D eigenvalue weighted by molar-refractivity contribution is 0.497. The predicted octanol–water partition coefficient (Wildman–Crippen LogP) is 1.69. The fourth-order valence-corrected chi connectivity index (χ4v) is 0.637. The molecule has 0 amide bonds. The summed E-state index contributed by atoms with van der Waals surface area (Å²) in [6, 6.07) is 8.48. The molecule has 58 valence electrons. The highest BCUT2D eigenvalue weighted by molar-refractivity contribution is 5.94. The highest BCUT2D eigenvalue weighted by Crippen LogP contribution is 1.99. The molecule has 0 bridgehead atoms. The minimum Gasteiger partial charge on any atom is -0.274 e. The van der Waals surface area contributed by atoms with Crippen molar-refractivity contribution in [1.29, 1.82) is 0 Å². The van der Waals surface area contributed by atoms with Crippen LogP contribution in [0, 0.1) is 13.8 Å². The summed E-state index contributed by atoms with van der Waals surface area (Å²) < 4.78 is 16.8. The molecule has 0 aliphatic carbocycles. The van der Waals surface area contributed by atoms with Gasteiger partial charge in [-0.3, -0.25) is 8.92 Å². The molecular formula is C8H10O2Si. The van der Waals surface area contributed by atoms with Gasteiger partial charge in [-0.25, -0.2) is 0 Å². The van der Waals surface area contributed by atoms with Gasteiger partial charge in [0.1, 0.15) is 0 Å². The van der Waals surface area contributed by atoms with E-state index >= 15 is 0 Å². The number of hydrogen-bond acceptors (Lipinski definition) is 2. The molecule has 3 heteroatoms. The SMILES string of the molecule is Cc1ccc(C)cc1.O=[Si]=O. The summed E-state index contributed by atoms with van der Waals surface area (Å²) in [5.41, 5.74) is 2.66. The summed E-state index contributed by atoms with van der Waals surface area (Å²) in [5.74, 6) is 0. The molecule has 0 saturated heterocycles. The van der Waals surface area contributed by atoms with Crippen LogP contribution in [0.2, 0.25) is 0 Å². The quantitative estimate of drug-likeness (QED) is 0.549. The summed E-state index contributed by atoms with van der Waals surface area (Å²) in [6.45, 7) is 4.19. The average Bonchev–Trinajstić information content (AvgIpc) is 1.97. The fourth-order valence-electron chi connectivity index (χ4n) is 0.637. The van der Waals surface area contributed by atoms with Crippen molar-refractivity contribution in [3.8, 4) is 0 Å². The summed E-state index contributed by atoms with van der Waals surface area (Å²) in [7, 11) is -1.42. The van der Waals surface area contributed by atoms with Crippen molar-refractivity contribution < 1.29 is 8.92 Å². The van der Waals surface area contributed by atoms with Crippen LogP contribution in [0.3, 0.4) is 0 Å². The molecule has 0 fully saturated rings. The molecule has 0 N–H and O–H groups in total. The van der Waals surface area contributed by atoms with E-state index in [2.05, 4.69) is 38.1 Å². The van der Waals surface area contributed by atoms with Gasteiger partial charge in [-0.2, -0.15) is 0 Å². The number of rotatable bonds is 0. The van der Waals surface area contributed by atoms with Crippen LogP contribution in [-0.2, 0) is 8.92 Å². The first kappa shape index (κ1) is 10.0. The van der Waals surface area contributed by atoms with E-state index in [1.54, 1.807) is 0 Å². The van der Waals surface area contributed by atoms with Crippen LogP contribution < -0.4 is 0 Å². The Labute approximate surface area is 68.2 Å². The second-order valence-corrected chi connectivity index (χ2v) is 2.40. The Morgan fingerprint density at radius 3 is 1.27 bits per heavy atom. The number of aryl methyl sites for hydroxylation is 2. The molecule has 1 rings (SSSR count). The molecule has 0 spiro atoms. The van der Waals surface area contributed by atoms with E-state index in [0.29, 0.717) is 0 Å². The van der Waals surface area contributed by atoms with E-state index < -0.39 is 9.29 Å². The third-order valence-electron chi connectivity index (χ3n) is 1.22. The summed E-state index contributed by atoms with van der Waals surface area (Å²) in [6.07, 6.45) is 0. The van der Waals surface area contributed by atoms with E-state index in [1.807, 2.05) is 0 Å². The van der Waals surface area contributed by atoms with Crippen molar-refractivity contribution in [3.05, 3.63) is 35.4 Å². The van der Waals surface area contributed by atoms with Gasteiger partial charge in [-0.05, 0) is 13.8 Å². The van der Waals surface area contributed by atoms with Crippen molar-refractivity contribution in [2.24, 2.45) is 0 Å². The molecule has 0 heterocycles. The normalized spacial score (nSPS) is 7.45. The van der Waals surface area contributed by atoms with E-state index in [1.165, 1.54) is 11.1 Å². The lowest BCUT2D eigenvalue weighted by atomic mass is 10.2. The van der Waals surface area contributed by atoms with E-state index in [9.17, 15) is 0 Å². The molecule has 1 aromatic carbocycles. The van der Waals surface area contributed by atoms with Crippen LogP contribution in [0.1, 0.15) is 11.1 Å². The van der Waals surface area contributed by atoms with Gasteiger partial charge in [-0.1, -0.05) is 35.4 Å². The van der Waals surface area contributed by atoms with Gasteiger partial charge in [-0.15, -0.1) is 0 Å². The minimum absolute atomic E-state index is 1.33. The highest BCUT2D eigenvalue weighted by atomic mass is 28.2. The van der Waals surface area contributed by atoms with Gasteiger partial charge in [0.05, 0.1) is 0 Å². The standard InChI is InChI=1S/C8H10.O2Si/c1-7-3-5-8(2)6-4-7;1-3-2/h3-6H,1-2H3;. The van der Waals surface area contributed by atoms with E-state index in [-0.39, 0.29) is 0 Å². The zero-order valence-corrected chi connectivity index (χ0v) is 7.63. The molecule has 0 aliphatic rings. The zero-order valence-electron chi connectivity index (χ0n) is 6.63. The molecule has 1 aromatic rings. The smallest absolute Gasteiger partial charge is 0.274 e. The van der Waals surface area contributed by atoms with Crippen LogP contribution >= 0.6 is 0 Å². The molecule has 0 aliphatic heterocycles. The van der Waals surface area contributed by atoms with Crippen LogP contribution in [0.25, 0.3) is 0 Å². The van der Waals surface area contributed by atoms with Gasteiger partial charge >= 0.3 is 9.29 Å². The first-order chi connectivity index (χ1) is 5.20. The molecule has 0 radical (unpaired) electrons. The lowest BCUT2D eigenvalue weighted by Gasteiger charge is -1.90. The largest absolute Gasteiger partial charge is 0.549 e. The van der Waals surface area contributed by atoms with E-state index in [0.717, 1.165) is 0 Å². The Kier molecular flexibility index (Phi) is 5.29.